The lowest BCUT2D eigenvalue weighted by molar-refractivity contribution is -0.118. The van der Waals surface area contributed by atoms with E-state index in [1.807, 2.05) is 6.07 Å². The van der Waals surface area contributed by atoms with Gasteiger partial charge in [-0.25, -0.2) is 4.39 Å². The molecule has 1 aromatic rings. The van der Waals surface area contributed by atoms with Gasteiger partial charge in [0.1, 0.15) is 5.82 Å². The van der Waals surface area contributed by atoms with Gasteiger partial charge in [0.2, 0.25) is 5.91 Å². The molecule has 1 atom stereocenters. The van der Waals surface area contributed by atoms with Crippen LogP contribution in [0.1, 0.15) is 43.2 Å². The average Bonchev–Trinajstić information content (AvgIpc) is 3.00. The molecule has 2 saturated carbocycles. The Morgan fingerprint density at radius 1 is 1.33 bits per heavy atom. The average molecular weight is 288 g/mol. The summed E-state index contributed by atoms with van der Waals surface area (Å²) in [6, 6.07) is 3.64. The summed E-state index contributed by atoms with van der Waals surface area (Å²) in [6.07, 6.45) is 6.51. The number of hydrogen-bond donors (Lipinski definition) is 2. The molecule has 4 heteroatoms. The van der Waals surface area contributed by atoms with Crippen molar-refractivity contribution in [2.24, 2.45) is 11.3 Å². The second-order valence-corrected chi connectivity index (χ2v) is 6.81. The molecule has 1 amide bonds. The molecule has 2 aliphatic carbocycles. The van der Waals surface area contributed by atoms with Gasteiger partial charge in [0.15, 0.2) is 0 Å². The first-order chi connectivity index (χ1) is 10.2. The molecule has 0 bridgehead atoms. The Hall–Kier alpha value is -1.42. The number of rotatable bonds is 2. The Bertz CT molecular complexity index is 593. The first-order valence-corrected chi connectivity index (χ1v) is 8.01. The van der Waals surface area contributed by atoms with Crippen LogP contribution in [-0.2, 0) is 17.8 Å². The molecule has 1 aromatic carbocycles. The molecule has 2 N–H and O–H groups in total. The van der Waals surface area contributed by atoms with Crippen molar-refractivity contribution in [3.8, 4) is 0 Å². The quantitative estimate of drug-likeness (QED) is 0.878. The number of carbonyl (C=O) groups is 1. The summed E-state index contributed by atoms with van der Waals surface area (Å²) in [5.74, 6) is -0.106. The van der Waals surface area contributed by atoms with Crippen molar-refractivity contribution in [2.75, 3.05) is 11.9 Å². The van der Waals surface area contributed by atoms with Crippen molar-refractivity contribution >= 4 is 11.6 Å². The Morgan fingerprint density at radius 3 is 2.95 bits per heavy atom. The predicted octanol–water partition coefficient (Wildman–Crippen LogP) is 2.99. The normalized spacial score (nSPS) is 25.7. The van der Waals surface area contributed by atoms with Crippen LogP contribution in [0.2, 0.25) is 0 Å². The zero-order chi connectivity index (χ0) is 14.4. The van der Waals surface area contributed by atoms with Crippen LogP contribution in [0, 0.1) is 17.2 Å². The zero-order valence-electron chi connectivity index (χ0n) is 12.2. The van der Waals surface area contributed by atoms with E-state index in [0.717, 1.165) is 24.1 Å². The number of amides is 1. The highest BCUT2D eigenvalue weighted by molar-refractivity contribution is 5.95. The maximum Gasteiger partial charge on any atom is 0.228 e. The van der Waals surface area contributed by atoms with E-state index in [4.69, 9.17) is 0 Å². The third-order valence-electron chi connectivity index (χ3n) is 5.57. The summed E-state index contributed by atoms with van der Waals surface area (Å²) in [5.41, 5.74) is 2.40. The van der Waals surface area contributed by atoms with Gasteiger partial charge in [-0.15, -0.1) is 0 Å². The first kappa shape index (κ1) is 13.3. The fraction of sp³-hybridized carbons (Fsp3) is 0.588. The van der Waals surface area contributed by atoms with Crippen molar-refractivity contribution < 1.29 is 9.18 Å². The minimum Gasteiger partial charge on any atom is -0.323 e. The largest absolute Gasteiger partial charge is 0.323 e. The number of nitrogens with one attached hydrogen (secondary N) is 2. The molecule has 2 fully saturated rings. The third kappa shape index (κ3) is 2.16. The number of anilines is 1. The van der Waals surface area contributed by atoms with E-state index in [1.54, 1.807) is 6.07 Å². The molecule has 0 saturated heterocycles. The molecule has 1 aliphatic heterocycles. The summed E-state index contributed by atoms with van der Waals surface area (Å²) >= 11 is 0. The van der Waals surface area contributed by atoms with Crippen LogP contribution in [0.3, 0.4) is 0 Å². The van der Waals surface area contributed by atoms with Gasteiger partial charge in [-0.2, -0.15) is 0 Å². The lowest BCUT2D eigenvalue weighted by Gasteiger charge is -2.19. The number of halogens is 1. The zero-order valence-corrected chi connectivity index (χ0v) is 12.2. The van der Waals surface area contributed by atoms with Crippen LogP contribution >= 0.6 is 0 Å². The minimum atomic E-state index is -0.233. The van der Waals surface area contributed by atoms with Gasteiger partial charge in [-0.3, -0.25) is 4.79 Å². The number of fused-ring (bicyclic) bond motifs is 1. The van der Waals surface area contributed by atoms with E-state index in [-0.39, 0.29) is 23.1 Å². The van der Waals surface area contributed by atoms with Crippen LogP contribution in [0.4, 0.5) is 10.1 Å². The Labute approximate surface area is 124 Å². The summed E-state index contributed by atoms with van der Waals surface area (Å²) in [5, 5.41) is 6.07. The van der Waals surface area contributed by atoms with Gasteiger partial charge in [0.05, 0.1) is 5.69 Å². The van der Waals surface area contributed by atoms with E-state index < -0.39 is 0 Å². The van der Waals surface area contributed by atoms with Crippen molar-refractivity contribution in [3.63, 3.8) is 0 Å². The summed E-state index contributed by atoms with van der Waals surface area (Å²) in [4.78, 5) is 12.4. The van der Waals surface area contributed by atoms with Gasteiger partial charge < -0.3 is 10.6 Å². The predicted molar refractivity (Wildman–Crippen MR) is 79.4 cm³/mol. The van der Waals surface area contributed by atoms with Crippen molar-refractivity contribution in [3.05, 3.63) is 29.1 Å². The molecule has 112 valence electrons. The first-order valence-electron chi connectivity index (χ1n) is 8.01. The second kappa shape index (κ2) is 4.80. The highest BCUT2D eigenvalue weighted by Gasteiger charge is 2.58. The highest BCUT2D eigenvalue weighted by Crippen LogP contribution is 2.63. The number of hydrogen-bond acceptors (Lipinski definition) is 2. The molecular formula is C17H21FN2O. The summed E-state index contributed by atoms with van der Waals surface area (Å²) in [7, 11) is 0. The lowest BCUT2D eigenvalue weighted by Crippen LogP contribution is -2.25. The molecule has 1 unspecified atom stereocenters. The van der Waals surface area contributed by atoms with Crippen LogP contribution in [-0.4, -0.2) is 12.5 Å². The van der Waals surface area contributed by atoms with Crippen LogP contribution in [0.15, 0.2) is 12.1 Å². The van der Waals surface area contributed by atoms with Crippen molar-refractivity contribution in [1.82, 2.24) is 5.32 Å². The Balaban J connectivity index is 1.51. The fourth-order valence-electron chi connectivity index (χ4n) is 4.20. The summed E-state index contributed by atoms with van der Waals surface area (Å²) in [6.45, 7) is 1.51. The van der Waals surface area contributed by atoms with E-state index in [9.17, 15) is 9.18 Å². The number of carbonyl (C=O) groups excluding carboxylic acids is 1. The van der Waals surface area contributed by atoms with Crippen LogP contribution in [0.5, 0.6) is 0 Å². The topological polar surface area (TPSA) is 41.1 Å². The Kier molecular flexibility index (Phi) is 3.03. The maximum atomic E-state index is 14.5. The Morgan fingerprint density at radius 2 is 2.14 bits per heavy atom. The molecular weight excluding hydrogens is 267 g/mol. The van der Waals surface area contributed by atoms with Crippen molar-refractivity contribution in [2.45, 2.75) is 45.1 Å². The molecule has 21 heavy (non-hydrogen) atoms. The van der Waals surface area contributed by atoms with Crippen LogP contribution in [0.25, 0.3) is 0 Å². The van der Waals surface area contributed by atoms with E-state index >= 15 is 0 Å². The van der Waals surface area contributed by atoms with E-state index in [0.29, 0.717) is 18.7 Å². The monoisotopic (exact) mass is 288 g/mol. The highest BCUT2D eigenvalue weighted by atomic mass is 19.1. The van der Waals surface area contributed by atoms with Gasteiger partial charge in [-0.1, -0.05) is 18.9 Å². The van der Waals surface area contributed by atoms with E-state index in [2.05, 4.69) is 10.6 Å². The molecule has 4 rings (SSSR count). The fourth-order valence-corrected chi connectivity index (χ4v) is 4.20. The van der Waals surface area contributed by atoms with Gasteiger partial charge >= 0.3 is 0 Å². The second-order valence-electron chi connectivity index (χ2n) is 6.81. The smallest absolute Gasteiger partial charge is 0.228 e. The van der Waals surface area contributed by atoms with Crippen molar-refractivity contribution in [1.29, 1.82) is 0 Å². The third-order valence-corrected chi connectivity index (χ3v) is 5.57. The van der Waals surface area contributed by atoms with Gasteiger partial charge in [0.25, 0.3) is 0 Å². The molecule has 3 aliphatic rings. The summed E-state index contributed by atoms with van der Waals surface area (Å²) < 4.78 is 14.5. The molecule has 1 spiro atoms. The minimum absolute atomic E-state index is 0.0182. The molecule has 3 nitrogen and oxygen atoms in total. The van der Waals surface area contributed by atoms with Crippen LogP contribution < -0.4 is 10.6 Å². The maximum absolute atomic E-state index is 14.5. The van der Waals surface area contributed by atoms with Gasteiger partial charge in [0, 0.05) is 12.5 Å². The standard InChI is InChI=1S/C17H21FN2O/c18-15-12-5-8-19-10-11(12)3-4-14(15)20-16(21)13-9-17(13)6-1-2-7-17/h3-4,13,19H,1-2,5-10H2,(H,20,21). The SMILES string of the molecule is O=C(Nc1ccc2c(c1F)CCNC2)C1CC12CCCC2. The molecule has 1 heterocycles. The van der Waals surface area contributed by atoms with Gasteiger partial charge in [-0.05, 0) is 54.8 Å². The molecule has 0 radical (unpaired) electrons. The number of benzene rings is 1. The lowest BCUT2D eigenvalue weighted by atomic mass is 9.99. The van der Waals surface area contributed by atoms with E-state index in [1.165, 1.54) is 25.7 Å². The molecule has 0 aromatic heterocycles.